The van der Waals surface area contributed by atoms with Crippen molar-refractivity contribution in [3.05, 3.63) is 17.3 Å². The molecule has 1 aliphatic rings. The van der Waals surface area contributed by atoms with Gasteiger partial charge in [0.2, 0.25) is 0 Å². The lowest BCUT2D eigenvalue weighted by Crippen LogP contribution is -2.31. The van der Waals surface area contributed by atoms with Crippen molar-refractivity contribution in [1.82, 2.24) is 14.3 Å². The summed E-state index contributed by atoms with van der Waals surface area (Å²) in [5.41, 5.74) is 1.12. The molecule has 1 aliphatic heterocycles. The van der Waals surface area contributed by atoms with E-state index in [1.165, 1.54) is 6.42 Å². The Morgan fingerprint density at radius 2 is 2.39 bits per heavy atom. The Kier molecular flexibility index (Phi) is 3.21. The zero-order valence-corrected chi connectivity index (χ0v) is 12.2. The van der Waals surface area contributed by atoms with Gasteiger partial charge in [-0.25, -0.2) is 4.98 Å². The van der Waals surface area contributed by atoms with Gasteiger partial charge in [0.25, 0.3) is 0 Å². The van der Waals surface area contributed by atoms with E-state index < -0.39 is 0 Å². The summed E-state index contributed by atoms with van der Waals surface area (Å²) >= 11 is 7.75. The van der Waals surface area contributed by atoms with Crippen LogP contribution in [-0.2, 0) is 5.88 Å². The highest BCUT2D eigenvalue weighted by atomic mass is 35.5. The second kappa shape index (κ2) is 4.72. The van der Waals surface area contributed by atoms with Gasteiger partial charge in [-0.2, -0.15) is 0 Å². The van der Waals surface area contributed by atoms with Crippen LogP contribution in [0.3, 0.4) is 0 Å². The first kappa shape index (κ1) is 12.3. The fourth-order valence-electron chi connectivity index (χ4n) is 2.55. The summed E-state index contributed by atoms with van der Waals surface area (Å²) < 4.78 is 2.11. The molecule has 98 valence electrons. The number of anilines is 1. The molecule has 0 spiro atoms. The van der Waals surface area contributed by atoms with Crippen molar-refractivity contribution in [2.24, 2.45) is 0 Å². The van der Waals surface area contributed by atoms with E-state index in [-0.39, 0.29) is 0 Å². The zero-order chi connectivity index (χ0) is 12.7. The Hall–Kier alpha value is -0.780. The van der Waals surface area contributed by atoms with Crippen LogP contribution in [0.15, 0.2) is 11.6 Å². The number of halogens is 1. The fraction of sp³-hybridized carbons (Fsp3) is 0.583. The van der Waals surface area contributed by atoms with Gasteiger partial charge in [-0.3, -0.25) is 4.40 Å². The van der Waals surface area contributed by atoms with Crippen molar-refractivity contribution >= 4 is 33.7 Å². The molecule has 0 bridgehead atoms. The number of rotatable bonds is 3. The van der Waals surface area contributed by atoms with Crippen LogP contribution in [-0.4, -0.2) is 47.5 Å². The van der Waals surface area contributed by atoms with E-state index in [0.717, 1.165) is 29.6 Å². The topological polar surface area (TPSA) is 23.8 Å². The third-order valence-corrected chi connectivity index (χ3v) is 4.67. The van der Waals surface area contributed by atoms with Gasteiger partial charge in [-0.1, -0.05) is 0 Å². The molecule has 0 saturated carbocycles. The zero-order valence-electron chi connectivity index (χ0n) is 10.6. The van der Waals surface area contributed by atoms with Crippen molar-refractivity contribution in [3.8, 4) is 0 Å². The van der Waals surface area contributed by atoms with Crippen molar-refractivity contribution in [2.45, 2.75) is 18.3 Å². The minimum atomic E-state index is 0.510. The van der Waals surface area contributed by atoms with Crippen molar-refractivity contribution in [1.29, 1.82) is 0 Å². The number of aromatic nitrogens is 2. The average molecular weight is 285 g/mol. The number of alkyl halides is 1. The van der Waals surface area contributed by atoms with Crippen LogP contribution < -0.4 is 4.90 Å². The SMILES string of the molecule is CN(C)C1CCN(c2nc3sccn3c2CCl)C1. The molecular weight excluding hydrogens is 268 g/mol. The maximum atomic E-state index is 6.09. The van der Waals surface area contributed by atoms with Crippen LogP contribution in [0.1, 0.15) is 12.1 Å². The molecule has 1 fully saturated rings. The quantitative estimate of drug-likeness (QED) is 0.808. The maximum Gasteiger partial charge on any atom is 0.195 e. The highest BCUT2D eigenvalue weighted by Crippen LogP contribution is 2.29. The van der Waals surface area contributed by atoms with Gasteiger partial charge in [0.15, 0.2) is 10.8 Å². The summed E-state index contributed by atoms with van der Waals surface area (Å²) in [6, 6.07) is 0.618. The van der Waals surface area contributed by atoms with E-state index in [0.29, 0.717) is 11.9 Å². The second-order valence-corrected chi connectivity index (χ2v) is 6.06. The third-order valence-electron chi connectivity index (χ3n) is 3.66. The summed E-state index contributed by atoms with van der Waals surface area (Å²) in [5.74, 6) is 1.58. The fourth-order valence-corrected chi connectivity index (χ4v) is 3.53. The first-order valence-electron chi connectivity index (χ1n) is 6.12. The maximum absolute atomic E-state index is 6.09. The van der Waals surface area contributed by atoms with E-state index in [4.69, 9.17) is 16.6 Å². The molecule has 3 rings (SSSR count). The van der Waals surface area contributed by atoms with Gasteiger partial charge in [-0.05, 0) is 20.5 Å². The molecule has 1 atom stereocenters. The van der Waals surface area contributed by atoms with Gasteiger partial charge in [0.1, 0.15) is 0 Å². The van der Waals surface area contributed by atoms with Gasteiger partial charge in [-0.15, -0.1) is 22.9 Å². The van der Waals surface area contributed by atoms with E-state index in [1.807, 2.05) is 6.20 Å². The molecule has 3 heterocycles. The molecule has 0 aliphatic carbocycles. The van der Waals surface area contributed by atoms with E-state index in [1.54, 1.807) is 11.3 Å². The predicted octanol–water partition coefficient (Wildman–Crippen LogP) is 2.27. The van der Waals surface area contributed by atoms with E-state index in [2.05, 4.69) is 33.7 Å². The largest absolute Gasteiger partial charge is 0.353 e. The molecule has 1 saturated heterocycles. The van der Waals surface area contributed by atoms with Crippen molar-refractivity contribution < 1.29 is 0 Å². The normalized spacial score (nSPS) is 20.4. The molecule has 18 heavy (non-hydrogen) atoms. The Balaban J connectivity index is 1.92. The highest BCUT2D eigenvalue weighted by Gasteiger charge is 2.28. The number of hydrogen-bond acceptors (Lipinski definition) is 4. The monoisotopic (exact) mass is 284 g/mol. The number of nitrogens with zero attached hydrogens (tertiary/aromatic N) is 4. The minimum absolute atomic E-state index is 0.510. The highest BCUT2D eigenvalue weighted by molar-refractivity contribution is 7.15. The van der Waals surface area contributed by atoms with Crippen LogP contribution in [0, 0.1) is 0 Å². The number of thiazole rings is 1. The number of imidazole rings is 1. The number of fused-ring (bicyclic) bond motifs is 1. The Morgan fingerprint density at radius 3 is 3.06 bits per heavy atom. The van der Waals surface area contributed by atoms with Gasteiger partial charge >= 0.3 is 0 Å². The lowest BCUT2D eigenvalue weighted by Gasteiger charge is -2.20. The predicted molar refractivity (Wildman–Crippen MR) is 76.9 cm³/mol. The molecule has 0 aromatic carbocycles. The van der Waals surface area contributed by atoms with Gasteiger partial charge < -0.3 is 9.80 Å². The number of likely N-dealkylation sites (N-methyl/N-ethyl adjacent to an activating group) is 1. The molecule has 0 radical (unpaired) electrons. The van der Waals surface area contributed by atoms with Crippen molar-refractivity contribution in [2.75, 3.05) is 32.1 Å². The summed E-state index contributed by atoms with van der Waals surface area (Å²) in [5, 5.41) is 2.05. The summed E-state index contributed by atoms with van der Waals surface area (Å²) in [4.78, 5) is 10.4. The van der Waals surface area contributed by atoms with E-state index >= 15 is 0 Å². The van der Waals surface area contributed by atoms with Crippen LogP contribution >= 0.6 is 22.9 Å². The van der Waals surface area contributed by atoms with Gasteiger partial charge in [0.05, 0.1) is 11.6 Å². The molecule has 4 nitrogen and oxygen atoms in total. The average Bonchev–Trinajstić information content (AvgIpc) is 3.02. The van der Waals surface area contributed by atoms with Gasteiger partial charge in [0, 0.05) is 30.7 Å². The molecule has 0 N–H and O–H groups in total. The molecule has 6 heteroatoms. The van der Waals surface area contributed by atoms with Crippen LogP contribution in [0.4, 0.5) is 5.82 Å². The molecule has 1 unspecified atom stereocenters. The van der Waals surface area contributed by atoms with Crippen molar-refractivity contribution in [3.63, 3.8) is 0 Å². The first-order chi connectivity index (χ1) is 8.70. The van der Waals surface area contributed by atoms with E-state index in [9.17, 15) is 0 Å². The van der Waals surface area contributed by atoms with Crippen LogP contribution in [0.25, 0.3) is 4.96 Å². The molecule has 2 aromatic heterocycles. The first-order valence-corrected chi connectivity index (χ1v) is 7.54. The lowest BCUT2D eigenvalue weighted by atomic mass is 10.2. The summed E-state index contributed by atoms with van der Waals surface area (Å²) in [7, 11) is 4.28. The summed E-state index contributed by atoms with van der Waals surface area (Å²) in [6.07, 6.45) is 3.24. The Morgan fingerprint density at radius 1 is 1.56 bits per heavy atom. The Bertz CT molecular complexity index is 547. The Labute approximate surface area is 116 Å². The second-order valence-electron chi connectivity index (χ2n) is 4.92. The number of hydrogen-bond donors (Lipinski definition) is 0. The minimum Gasteiger partial charge on any atom is -0.353 e. The van der Waals surface area contributed by atoms with Crippen LogP contribution in [0.5, 0.6) is 0 Å². The molecular formula is C12H17ClN4S. The third kappa shape index (κ3) is 1.90. The lowest BCUT2D eigenvalue weighted by molar-refractivity contribution is 0.315. The molecule has 2 aromatic rings. The standard InChI is InChI=1S/C12H17ClN4S/c1-15(2)9-3-4-16(8-9)11-10(7-13)17-5-6-18-12(17)14-11/h5-6,9H,3-4,7-8H2,1-2H3. The van der Waals surface area contributed by atoms with Crippen LogP contribution in [0.2, 0.25) is 0 Å². The molecule has 0 amide bonds. The smallest absolute Gasteiger partial charge is 0.195 e. The summed E-state index contributed by atoms with van der Waals surface area (Å²) in [6.45, 7) is 2.11.